The first kappa shape index (κ1) is 20.5. The number of nitrogen functional groups attached to an aromatic ring is 1. The molecule has 11 heteroatoms. The van der Waals surface area contributed by atoms with Gasteiger partial charge in [0, 0.05) is 31.9 Å². The van der Waals surface area contributed by atoms with Crippen molar-refractivity contribution in [3.8, 4) is 0 Å². The van der Waals surface area contributed by atoms with Crippen molar-refractivity contribution < 1.29 is 22.7 Å². The van der Waals surface area contributed by atoms with E-state index in [1.807, 2.05) is 4.90 Å². The predicted octanol–water partition coefficient (Wildman–Crippen LogP) is 3.10. The number of hydrogen-bond acceptors (Lipinski definition) is 7. The van der Waals surface area contributed by atoms with Crippen molar-refractivity contribution in [1.29, 1.82) is 0 Å². The molecule has 1 amide bonds. The van der Waals surface area contributed by atoms with Gasteiger partial charge in [-0.3, -0.25) is 0 Å². The number of carbonyl (C=O) groups is 1. The molecular formula is C18H21F3N6O2. The number of benzene rings is 1. The summed E-state index contributed by atoms with van der Waals surface area (Å²) in [5.41, 5.74) is 6.14. The minimum atomic E-state index is -4.40. The van der Waals surface area contributed by atoms with Gasteiger partial charge in [0.2, 0.25) is 0 Å². The summed E-state index contributed by atoms with van der Waals surface area (Å²) < 4.78 is 43.1. The lowest BCUT2D eigenvalue weighted by molar-refractivity contribution is -0.137. The van der Waals surface area contributed by atoms with Gasteiger partial charge in [-0.15, -0.1) is 0 Å². The number of aromatic nitrogens is 2. The number of nitrogens with two attached hydrogens (primary N) is 1. The largest absolute Gasteiger partial charge is 0.450 e. The number of carbonyl (C=O) groups excluding carboxylic acids is 1. The van der Waals surface area contributed by atoms with Gasteiger partial charge in [-0.25, -0.2) is 14.8 Å². The molecule has 0 aliphatic carbocycles. The summed E-state index contributed by atoms with van der Waals surface area (Å²) >= 11 is 0. The Hall–Kier alpha value is -3.24. The molecule has 29 heavy (non-hydrogen) atoms. The Morgan fingerprint density at radius 1 is 1.17 bits per heavy atom. The molecule has 0 bridgehead atoms. The van der Waals surface area contributed by atoms with Gasteiger partial charge in [0.1, 0.15) is 12.0 Å². The van der Waals surface area contributed by atoms with Crippen molar-refractivity contribution in [2.24, 2.45) is 0 Å². The average molecular weight is 410 g/mol. The van der Waals surface area contributed by atoms with Crippen molar-refractivity contribution in [2.75, 3.05) is 48.7 Å². The average Bonchev–Trinajstić information content (AvgIpc) is 2.70. The molecule has 156 valence electrons. The zero-order chi connectivity index (χ0) is 21.0. The summed E-state index contributed by atoms with van der Waals surface area (Å²) in [6.07, 6.45) is -3.42. The van der Waals surface area contributed by atoms with E-state index in [9.17, 15) is 18.0 Å². The highest BCUT2D eigenvalue weighted by atomic mass is 19.4. The van der Waals surface area contributed by atoms with Crippen molar-refractivity contribution in [1.82, 2.24) is 14.9 Å². The van der Waals surface area contributed by atoms with Gasteiger partial charge in [0.25, 0.3) is 0 Å². The zero-order valence-electron chi connectivity index (χ0n) is 15.7. The van der Waals surface area contributed by atoms with Crippen LogP contribution < -0.4 is 16.0 Å². The fourth-order valence-corrected chi connectivity index (χ4v) is 2.93. The minimum Gasteiger partial charge on any atom is -0.450 e. The van der Waals surface area contributed by atoms with E-state index in [0.717, 1.165) is 12.1 Å². The molecule has 0 saturated carbocycles. The maximum Gasteiger partial charge on any atom is 0.416 e. The molecule has 1 saturated heterocycles. The van der Waals surface area contributed by atoms with E-state index in [0.29, 0.717) is 50.1 Å². The fourth-order valence-electron chi connectivity index (χ4n) is 2.93. The molecule has 0 radical (unpaired) electrons. The molecule has 0 spiro atoms. The van der Waals surface area contributed by atoms with Crippen molar-refractivity contribution in [2.45, 2.75) is 13.1 Å². The number of amides is 1. The van der Waals surface area contributed by atoms with Crippen LogP contribution in [0.3, 0.4) is 0 Å². The van der Waals surface area contributed by atoms with Crippen LogP contribution in [0.1, 0.15) is 12.5 Å². The van der Waals surface area contributed by atoms with Crippen LogP contribution >= 0.6 is 0 Å². The molecule has 1 aromatic carbocycles. The van der Waals surface area contributed by atoms with Crippen LogP contribution in [0, 0.1) is 0 Å². The van der Waals surface area contributed by atoms with Gasteiger partial charge in [0.05, 0.1) is 12.2 Å². The standard InChI is InChI=1S/C18H21F3N6O2/c1-2-29-17(28)27-9-7-26(8-10-27)16-14(22)15(23-11-24-16)25-13-5-3-12(4-6-13)18(19,20)21/h3-6,11H,2,7-10,22H2,1H3,(H,23,24,25). The smallest absolute Gasteiger partial charge is 0.416 e. The second-order valence-corrected chi connectivity index (χ2v) is 6.33. The number of alkyl halides is 3. The minimum absolute atomic E-state index is 0.275. The molecule has 3 rings (SSSR count). The fraction of sp³-hybridized carbons (Fsp3) is 0.389. The van der Waals surface area contributed by atoms with Crippen LogP contribution in [0.25, 0.3) is 0 Å². The highest BCUT2D eigenvalue weighted by Crippen LogP contribution is 2.32. The third kappa shape index (κ3) is 4.79. The van der Waals surface area contributed by atoms with Crippen LogP contribution in [-0.2, 0) is 10.9 Å². The van der Waals surface area contributed by atoms with Crippen molar-refractivity contribution in [3.05, 3.63) is 36.2 Å². The Bertz CT molecular complexity index is 852. The Morgan fingerprint density at radius 3 is 2.41 bits per heavy atom. The van der Waals surface area contributed by atoms with Crippen LogP contribution in [0.4, 0.5) is 41.0 Å². The highest BCUT2D eigenvalue weighted by Gasteiger charge is 2.30. The number of ether oxygens (including phenoxy) is 1. The molecule has 2 heterocycles. The van der Waals surface area contributed by atoms with E-state index in [-0.39, 0.29) is 11.8 Å². The van der Waals surface area contributed by atoms with Crippen LogP contribution in [0.5, 0.6) is 0 Å². The molecule has 0 unspecified atom stereocenters. The Balaban J connectivity index is 1.69. The summed E-state index contributed by atoms with van der Waals surface area (Å²) in [4.78, 5) is 23.6. The Morgan fingerprint density at radius 2 is 1.83 bits per heavy atom. The topological polar surface area (TPSA) is 96.6 Å². The second-order valence-electron chi connectivity index (χ2n) is 6.33. The summed E-state index contributed by atoms with van der Waals surface area (Å²) in [7, 11) is 0. The van der Waals surface area contributed by atoms with Gasteiger partial charge >= 0.3 is 12.3 Å². The number of halogens is 3. The lowest BCUT2D eigenvalue weighted by Crippen LogP contribution is -2.49. The predicted molar refractivity (Wildman–Crippen MR) is 102 cm³/mol. The van der Waals surface area contributed by atoms with Crippen LogP contribution in [-0.4, -0.2) is 53.7 Å². The number of nitrogens with zero attached hydrogens (tertiary/aromatic N) is 4. The lowest BCUT2D eigenvalue weighted by Gasteiger charge is -2.35. The summed E-state index contributed by atoms with van der Waals surface area (Å²) in [6.45, 7) is 4.02. The van der Waals surface area contributed by atoms with Crippen molar-refractivity contribution in [3.63, 3.8) is 0 Å². The lowest BCUT2D eigenvalue weighted by atomic mass is 10.2. The summed E-state index contributed by atoms with van der Waals surface area (Å²) in [5, 5.41) is 2.92. The molecule has 1 fully saturated rings. The van der Waals surface area contributed by atoms with Gasteiger partial charge in [0.15, 0.2) is 11.6 Å². The monoisotopic (exact) mass is 410 g/mol. The van der Waals surface area contributed by atoms with E-state index in [1.54, 1.807) is 11.8 Å². The number of nitrogens with one attached hydrogen (secondary N) is 1. The van der Waals surface area contributed by atoms with E-state index >= 15 is 0 Å². The zero-order valence-corrected chi connectivity index (χ0v) is 15.7. The van der Waals surface area contributed by atoms with E-state index in [2.05, 4.69) is 15.3 Å². The maximum absolute atomic E-state index is 12.7. The Labute approximate surface area is 165 Å². The van der Waals surface area contributed by atoms with Crippen molar-refractivity contribution >= 4 is 29.1 Å². The third-order valence-electron chi connectivity index (χ3n) is 4.44. The first-order chi connectivity index (χ1) is 13.8. The molecular weight excluding hydrogens is 389 g/mol. The SMILES string of the molecule is CCOC(=O)N1CCN(c2ncnc(Nc3ccc(C(F)(F)F)cc3)c2N)CC1. The number of rotatable bonds is 4. The third-order valence-corrected chi connectivity index (χ3v) is 4.44. The van der Waals surface area contributed by atoms with E-state index < -0.39 is 11.7 Å². The quantitative estimate of drug-likeness (QED) is 0.799. The number of anilines is 4. The first-order valence-corrected chi connectivity index (χ1v) is 9.01. The Kier molecular flexibility index (Phi) is 5.95. The number of piperazine rings is 1. The van der Waals surface area contributed by atoms with Gasteiger partial charge in [-0.05, 0) is 31.2 Å². The summed E-state index contributed by atoms with van der Waals surface area (Å²) in [6, 6.07) is 4.58. The molecule has 1 aliphatic rings. The summed E-state index contributed by atoms with van der Waals surface area (Å²) in [5.74, 6) is 0.792. The second kappa shape index (κ2) is 8.41. The van der Waals surface area contributed by atoms with Gasteiger partial charge < -0.3 is 25.6 Å². The van der Waals surface area contributed by atoms with Gasteiger partial charge in [-0.1, -0.05) is 0 Å². The van der Waals surface area contributed by atoms with Crippen LogP contribution in [0.15, 0.2) is 30.6 Å². The molecule has 1 aromatic heterocycles. The van der Waals surface area contributed by atoms with E-state index in [1.165, 1.54) is 18.5 Å². The molecule has 8 nitrogen and oxygen atoms in total. The molecule has 2 aromatic rings. The van der Waals surface area contributed by atoms with Crippen LogP contribution in [0.2, 0.25) is 0 Å². The normalized spacial score (nSPS) is 14.6. The number of hydrogen-bond donors (Lipinski definition) is 2. The highest BCUT2D eigenvalue weighted by molar-refractivity contribution is 5.78. The van der Waals surface area contributed by atoms with Gasteiger partial charge in [-0.2, -0.15) is 13.2 Å². The first-order valence-electron chi connectivity index (χ1n) is 9.01. The molecule has 1 aliphatic heterocycles. The maximum atomic E-state index is 12.7. The molecule has 3 N–H and O–H groups in total. The molecule has 0 atom stereocenters. The van der Waals surface area contributed by atoms with E-state index in [4.69, 9.17) is 10.5 Å².